The maximum absolute atomic E-state index is 8.82. The molecule has 2 N–H and O–H groups in total. The molecule has 1 atom stereocenters. The Bertz CT molecular complexity index is 598. The quantitative estimate of drug-likeness (QED) is 0.779. The first-order chi connectivity index (χ1) is 10.6. The molecule has 1 unspecified atom stereocenters. The maximum Gasteiger partial charge on any atom is 0.161 e. The van der Waals surface area contributed by atoms with Gasteiger partial charge in [-0.15, -0.1) is 0 Å². The molecule has 6 nitrogen and oxygen atoms in total. The Kier molecular flexibility index (Phi) is 5.80. The summed E-state index contributed by atoms with van der Waals surface area (Å²) >= 11 is 0. The van der Waals surface area contributed by atoms with Gasteiger partial charge >= 0.3 is 0 Å². The van der Waals surface area contributed by atoms with E-state index in [1.54, 1.807) is 7.11 Å². The van der Waals surface area contributed by atoms with Gasteiger partial charge in [0.2, 0.25) is 0 Å². The van der Waals surface area contributed by atoms with E-state index in [2.05, 4.69) is 17.4 Å². The molecule has 0 spiro atoms. The maximum atomic E-state index is 8.82. The molecule has 0 fully saturated rings. The van der Waals surface area contributed by atoms with E-state index in [1.807, 2.05) is 31.2 Å². The van der Waals surface area contributed by atoms with Gasteiger partial charge in [0.15, 0.2) is 11.5 Å². The molecule has 1 heterocycles. The standard InChI is InChI=1S/C16H22N2O4/c1-11-8-14(18-22-11)10-17-12(2)13-4-5-15(21-7-6-19)16(9-13)20-3/h4-5,8-9,12,17,19H,6-7,10H2,1-3H3. The largest absolute Gasteiger partial charge is 0.493 e. The van der Waals surface area contributed by atoms with Gasteiger partial charge in [0.25, 0.3) is 0 Å². The van der Waals surface area contributed by atoms with Crippen LogP contribution in [-0.4, -0.2) is 30.6 Å². The van der Waals surface area contributed by atoms with Crippen molar-refractivity contribution in [1.82, 2.24) is 10.5 Å². The van der Waals surface area contributed by atoms with Crippen LogP contribution < -0.4 is 14.8 Å². The lowest BCUT2D eigenvalue weighted by molar-refractivity contribution is 0.196. The van der Waals surface area contributed by atoms with E-state index in [1.165, 1.54) is 0 Å². The molecule has 0 amide bonds. The molecule has 2 rings (SSSR count). The first-order valence-corrected chi connectivity index (χ1v) is 7.21. The number of aliphatic hydroxyl groups excluding tert-OH is 1. The van der Waals surface area contributed by atoms with Crippen molar-refractivity contribution < 1.29 is 19.1 Å². The fourth-order valence-corrected chi connectivity index (χ4v) is 2.11. The molecule has 0 aliphatic carbocycles. The summed E-state index contributed by atoms with van der Waals surface area (Å²) in [6, 6.07) is 7.78. The van der Waals surface area contributed by atoms with Gasteiger partial charge < -0.3 is 24.4 Å². The summed E-state index contributed by atoms with van der Waals surface area (Å²) in [6.07, 6.45) is 0. The first kappa shape index (κ1) is 16.3. The van der Waals surface area contributed by atoms with E-state index >= 15 is 0 Å². The number of rotatable bonds is 8. The Morgan fingerprint density at radius 1 is 1.32 bits per heavy atom. The lowest BCUT2D eigenvalue weighted by atomic mass is 10.1. The van der Waals surface area contributed by atoms with E-state index < -0.39 is 0 Å². The first-order valence-electron chi connectivity index (χ1n) is 7.21. The van der Waals surface area contributed by atoms with Crippen molar-refractivity contribution in [3.63, 3.8) is 0 Å². The zero-order valence-electron chi connectivity index (χ0n) is 13.1. The van der Waals surface area contributed by atoms with Crippen molar-refractivity contribution in [1.29, 1.82) is 0 Å². The predicted molar refractivity (Wildman–Crippen MR) is 82.1 cm³/mol. The summed E-state index contributed by atoms with van der Waals surface area (Å²) in [5, 5.41) is 16.2. The van der Waals surface area contributed by atoms with Crippen molar-refractivity contribution in [3.05, 3.63) is 41.3 Å². The molecule has 0 aliphatic rings. The zero-order valence-corrected chi connectivity index (χ0v) is 13.1. The summed E-state index contributed by atoms with van der Waals surface area (Å²) < 4.78 is 15.8. The number of methoxy groups -OCH3 is 1. The molecule has 0 saturated heterocycles. The lowest BCUT2D eigenvalue weighted by Gasteiger charge is -2.16. The minimum absolute atomic E-state index is 0.0278. The fourth-order valence-electron chi connectivity index (χ4n) is 2.11. The molecular weight excluding hydrogens is 284 g/mol. The molecule has 0 saturated carbocycles. The molecule has 6 heteroatoms. The number of nitrogens with one attached hydrogen (secondary N) is 1. The molecule has 1 aromatic carbocycles. The van der Waals surface area contributed by atoms with Crippen LogP contribution >= 0.6 is 0 Å². The van der Waals surface area contributed by atoms with Crippen LogP contribution in [0.1, 0.15) is 30.0 Å². The van der Waals surface area contributed by atoms with Crippen LogP contribution in [0.15, 0.2) is 28.8 Å². The van der Waals surface area contributed by atoms with Crippen LogP contribution in [-0.2, 0) is 6.54 Å². The summed E-state index contributed by atoms with van der Waals surface area (Å²) in [7, 11) is 1.60. The molecule has 0 bridgehead atoms. The van der Waals surface area contributed by atoms with Gasteiger partial charge in [-0.25, -0.2) is 0 Å². The van der Waals surface area contributed by atoms with Crippen molar-refractivity contribution >= 4 is 0 Å². The number of ether oxygens (including phenoxy) is 2. The zero-order chi connectivity index (χ0) is 15.9. The van der Waals surface area contributed by atoms with Gasteiger partial charge in [-0.2, -0.15) is 0 Å². The van der Waals surface area contributed by atoms with Gasteiger partial charge in [0, 0.05) is 18.7 Å². The SMILES string of the molecule is COc1cc(C(C)NCc2cc(C)on2)ccc1OCCO. The summed E-state index contributed by atoms with van der Waals surface area (Å²) in [6.45, 7) is 4.78. The fraction of sp³-hybridized carbons (Fsp3) is 0.438. The van der Waals surface area contributed by atoms with E-state index in [4.69, 9.17) is 19.1 Å². The van der Waals surface area contributed by atoms with Gasteiger partial charge in [-0.3, -0.25) is 0 Å². The Hall–Kier alpha value is -2.05. The monoisotopic (exact) mass is 306 g/mol. The molecular formula is C16H22N2O4. The second-order valence-electron chi connectivity index (χ2n) is 5.01. The molecule has 0 aliphatic heterocycles. The molecule has 120 valence electrons. The van der Waals surface area contributed by atoms with Gasteiger partial charge in [0.05, 0.1) is 19.4 Å². The number of aliphatic hydroxyl groups is 1. The minimum atomic E-state index is -0.0278. The minimum Gasteiger partial charge on any atom is -0.493 e. The third kappa shape index (κ3) is 4.22. The number of nitrogens with zero attached hydrogens (tertiary/aromatic N) is 1. The van der Waals surface area contributed by atoms with Crippen LogP contribution in [0.25, 0.3) is 0 Å². The van der Waals surface area contributed by atoms with Crippen molar-refractivity contribution in [2.24, 2.45) is 0 Å². The smallest absolute Gasteiger partial charge is 0.161 e. The Labute approximate surface area is 130 Å². The summed E-state index contributed by atoms with van der Waals surface area (Å²) in [5.74, 6) is 2.08. The Morgan fingerprint density at radius 2 is 2.14 bits per heavy atom. The Balaban J connectivity index is 2.01. The Morgan fingerprint density at radius 3 is 2.77 bits per heavy atom. The highest BCUT2D eigenvalue weighted by Gasteiger charge is 2.11. The third-order valence-electron chi connectivity index (χ3n) is 3.30. The third-order valence-corrected chi connectivity index (χ3v) is 3.30. The average Bonchev–Trinajstić information content (AvgIpc) is 2.95. The molecule has 2 aromatic rings. The van der Waals surface area contributed by atoms with Gasteiger partial charge in [-0.05, 0) is 31.5 Å². The second-order valence-corrected chi connectivity index (χ2v) is 5.01. The number of aromatic nitrogens is 1. The van der Waals surface area contributed by atoms with Crippen LogP contribution in [0.5, 0.6) is 11.5 Å². The number of aryl methyl sites for hydroxylation is 1. The summed E-state index contributed by atoms with van der Waals surface area (Å²) in [5.41, 5.74) is 1.95. The van der Waals surface area contributed by atoms with Crippen LogP contribution in [0.2, 0.25) is 0 Å². The van der Waals surface area contributed by atoms with E-state index in [0.717, 1.165) is 17.0 Å². The second kappa shape index (κ2) is 7.82. The number of benzene rings is 1. The van der Waals surface area contributed by atoms with Crippen molar-refractivity contribution in [2.45, 2.75) is 26.4 Å². The number of hydrogen-bond donors (Lipinski definition) is 2. The number of hydrogen-bond acceptors (Lipinski definition) is 6. The highest BCUT2D eigenvalue weighted by atomic mass is 16.5. The highest BCUT2D eigenvalue weighted by Crippen LogP contribution is 2.30. The average molecular weight is 306 g/mol. The highest BCUT2D eigenvalue weighted by molar-refractivity contribution is 5.43. The summed E-state index contributed by atoms with van der Waals surface area (Å²) in [4.78, 5) is 0. The van der Waals surface area contributed by atoms with Crippen LogP contribution in [0.4, 0.5) is 0 Å². The predicted octanol–water partition coefficient (Wildman–Crippen LogP) is 2.21. The van der Waals surface area contributed by atoms with Crippen molar-refractivity contribution in [2.75, 3.05) is 20.3 Å². The van der Waals surface area contributed by atoms with Crippen molar-refractivity contribution in [3.8, 4) is 11.5 Å². The van der Waals surface area contributed by atoms with Crippen LogP contribution in [0.3, 0.4) is 0 Å². The lowest BCUT2D eigenvalue weighted by Crippen LogP contribution is -2.18. The van der Waals surface area contributed by atoms with E-state index in [9.17, 15) is 0 Å². The van der Waals surface area contributed by atoms with Gasteiger partial charge in [0.1, 0.15) is 12.4 Å². The molecule has 22 heavy (non-hydrogen) atoms. The van der Waals surface area contributed by atoms with Crippen LogP contribution in [0, 0.1) is 6.92 Å². The normalized spacial score (nSPS) is 12.2. The van der Waals surface area contributed by atoms with Gasteiger partial charge in [-0.1, -0.05) is 11.2 Å². The topological polar surface area (TPSA) is 76.8 Å². The van der Waals surface area contributed by atoms with E-state index in [0.29, 0.717) is 18.0 Å². The molecule has 0 radical (unpaired) electrons. The molecule has 1 aromatic heterocycles. The van der Waals surface area contributed by atoms with E-state index in [-0.39, 0.29) is 19.3 Å².